The summed E-state index contributed by atoms with van der Waals surface area (Å²) >= 11 is 0. The van der Waals surface area contributed by atoms with Gasteiger partial charge in [-0.15, -0.1) is 0 Å². The number of ether oxygens (including phenoxy) is 1. The van der Waals surface area contributed by atoms with Crippen LogP contribution in [-0.2, 0) is 16.0 Å². The van der Waals surface area contributed by atoms with Crippen LogP contribution in [-0.4, -0.2) is 68.0 Å². The maximum atomic E-state index is 12.2. The normalized spacial score (nSPS) is 15.0. The van der Waals surface area contributed by atoms with E-state index in [1.54, 1.807) is 7.11 Å². The molecule has 1 fully saturated rings. The minimum Gasteiger partial charge on any atom is -0.497 e. The Morgan fingerprint density at radius 1 is 1.08 bits per heavy atom. The number of hydrogen-bond acceptors (Lipinski definition) is 4. The zero-order valence-corrected chi connectivity index (χ0v) is 15.3. The second-order valence-electron chi connectivity index (χ2n) is 6.26. The number of carbonyl (C=O) groups excluding carboxylic acids is 2. The van der Waals surface area contributed by atoms with Crippen molar-refractivity contribution in [3.05, 3.63) is 29.8 Å². The first-order valence-electron chi connectivity index (χ1n) is 9.02. The largest absolute Gasteiger partial charge is 0.497 e. The number of amides is 2. The summed E-state index contributed by atoms with van der Waals surface area (Å²) in [5.41, 5.74) is 1.10. The van der Waals surface area contributed by atoms with Crippen molar-refractivity contribution in [3.63, 3.8) is 0 Å². The fourth-order valence-corrected chi connectivity index (χ4v) is 2.92. The van der Waals surface area contributed by atoms with Gasteiger partial charge in [0.2, 0.25) is 11.8 Å². The minimum atomic E-state index is -0.0144. The summed E-state index contributed by atoms with van der Waals surface area (Å²) in [6, 6.07) is 7.71. The van der Waals surface area contributed by atoms with E-state index in [2.05, 4.69) is 17.1 Å². The number of hydrogen-bond donors (Lipinski definition) is 1. The van der Waals surface area contributed by atoms with Crippen LogP contribution in [0, 0.1) is 0 Å². The molecule has 0 radical (unpaired) electrons. The molecule has 0 atom stereocenters. The van der Waals surface area contributed by atoms with Crippen LogP contribution in [0.5, 0.6) is 5.75 Å². The Morgan fingerprint density at radius 2 is 1.76 bits per heavy atom. The summed E-state index contributed by atoms with van der Waals surface area (Å²) in [4.78, 5) is 28.3. The molecule has 1 heterocycles. The van der Waals surface area contributed by atoms with E-state index in [0.29, 0.717) is 25.8 Å². The number of piperazine rings is 1. The van der Waals surface area contributed by atoms with Crippen LogP contribution >= 0.6 is 0 Å². The number of nitrogens with zero attached hydrogens (tertiary/aromatic N) is 2. The van der Waals surface area contributed by atoms with Crippen molar-refractivity contribution >= 4 is 11.8 Å². The van der Waals surface area contributed by atoms with Gasteiger partial charge in [0.05, 0.1) is 7.11 Å². The highest BCUT2D eigenvalue weighted by Crippen LogP contribution is 2.12. The molecule has 2 amide bonds. The fraction of sp³-hybridized carbons (Fsp3) is 0.579. The number of carbonyl (C=O) groups is 2. The summed E-state index contributed by atoms with van der Waals surface area (Å²) < 4.78 is 5.11. The Hall–Kier alpha value is -2.08. The van der Waals surface area contributed by atoms with Gasteiger partial charge < -0.3 is 19.9 Å². The Labute approximate surface area is 150 Å². The molecule has 1 N–H and O–H groups in total. The number of methoxy groups -OCH3 is 1. The van der Waals surface area contributed by atoms with Gasteiger partial charge in [0.25, 0.3) is 0 Å². The van der Waals surface area contributed by atoms with Crippen LogP contribution < -0.4 is 10.1 Å². The van der Waals surface area contributed by atoms with E-state index in [9.17, 15) is 9.59 Å². The SMILES string of the molecule is CCN1CCN(C(=O)CCNC(=O)CCc2ccc(OC)cc2)CC1. The van der Waals surface area contributed by atoms with Crippen LogP contribution in [0.1, 0.15) is 25.3 Å². The predicted octanol–water partition coefficient (Wildman–Crippen LogP) is 1.30. The molecule has 0 bridgehead atoms. The first-order chi connectivity index (χ1) is 12.1. The van der Waals surface area contributed by atoms with Crippen LogP contribution in [0.3, 0.4) is 0 Å². The highest BCUT2D eigenvalue weighted by Gasteiger charge is 2.19. The quantitative estimate of drug-likeness (QED) is 0.770. The smallest absolute Gasteiger partial charge is 0.224 e. The lowest BCUT2D eigenvalue weighted by atomic mass is 10.1. The van der Waals surface area contributed by atoms with Gasteiger partial charge in [-0.05, 0) is 30.7 Å². The Kier molecular flexibility index (Phi) is 7.73. The van der Waals surface area contributed by atoms with E-state index in [0.717, 1.165) is 44.0 Å². The number of nitrogens with one attached hydrogen (secondary N) is 1. The van der Waals surface area contributed by atoms with E-state index >= 15 is 0 Å². The van der Waals surface area contributed by atoms with E-state index in [-0.39, 0.29) is 11.8 Å². The molecule has 0 unspecified atom stereocenters. The highest BCUT2D eigenvalue weighted by molar-refractivity contribution is 5.79. The Bertz CT molecular complexity index is 552. The van der Waals surface area contributed by atoms with Gasteiger partial charge in [-0.3, -0.25) is 9.59 Å². The Balaban J connectivity index is 1.60. The maximum absolute atomic E-state index is 12.2. The molecular formula is C19H29N3O3. The van der Waals surface area contributed by atoms with Crippen molar-refractivity contribution < 1.29 is 14.3 Å². The van der Waals surface area contributed by atoms with Crippen LogP contribution in [0.15, 0.2) is 24.3 Å². The predicted molar refractivity (Wildman–Crippen MR) is 97.6 cm³/mol. The second-order valence-corrected chi connectivity index (χ2v) is 6.26. The summed E-state index contributed by atoms with van der Waals surface area (Å²) in [6.45, 7) is 7.04. The molecular weight excluding hydrogens is 318 g/mol. The van der Waals surface area contributed by atoms with E-state index in [1.807, 2.05) is 29.2 Å². The fourth-order valence-electron chi connectivity index (χ4n) is 2.92. The van der Waals surface area contributed by atoms with E-state index in [1.165, 1.54) is 0 Å². The second kappa shape index (κ2) is 10.0. The molecule has 1 saturated heterocycles. The summed E-state index contributed by atoms with van der Waals surface area (Å²) in [5.74, 6) is 0.928. The lowest BCUT2D eigenvalue weighted by Gasteiger charge is -2.34. The van der Waals surface area contributed by atoms with Crippen LogP contribution in [0.25, 0.3) is 0 Å². The molecule has 6 nitrogen and oxygen atoms in total. The van der Waals surface area contributed by atoms with Crippen LogP contribution in [0.2, 0.25) is 0 Å². The minimum absolute atomic E-state index is 0.0144. The van der Waals surface area contributed by atoms with Crippen molar-refractivity contribution in [2.45, 2.75) is 26.2 Å². The maximum Gasteiger partial charge on any atom is 0.224 e. The number of likely N-dealkylation sites (N-methyl/N-ethyl adjacent to an activating group) is 1. The lowest BCUT2D eigenvalue weighted by molar-refractivity contribution is -0.132. The average molecular weight is 347 g/mol. The molecule has 1 aliphatic rings. The summed E-state index contributed by atoms with van der Waals surface area (Å²) in [5, 5.41) is 2.84. The van der Waals surface area contributed by atoms with Crippen LogP contribution in [0.4, 0.5) is 0 Å². The molecule has 138 valence electrons. The molecule has 2 rings (SSSR count). The number of rotatable bonds is 8. The topological polar surface area (TPSA) is 61.9 Å². The first-order valence-corrected chi connectivity index (χ1v) is 9.02. The van der Waals surface area contributed by atoms with Gasteiger partial charge in [-0.25, -0.2) is 0 Å². The van der Waals surface area contributed by atoms with Crippen molar-refractivity contribution in [1.82, 2.24) is 15.1 Å². The van der Waals surface area contributed by atoms with Crippen molar-refractivity contribution in [2.75, 3.05) is 46.4 Å². The third kappa shape index (κ3) is 6.38. The summed E-state index contributed by atoms with van der Waals surface area (Å²) in [7, 11) is 1.63. The van der Waals surface area contributed by atoms with Gasteiger partial charge >= 0.3 is 0 Å². The van der Waals surface area contributed by atoms with Gasteiger partial charge in [0.15, 0.2) is 0 Å². The monoisotopic (exact) mass is 347 g/mol. The average Bonchev–Trinajstić information content (AvgIpc) is 2.66. The third-order valence-corrected chi connectivity index (χ3v) is 4.63. The highest BCUT2D eigenvalue weighted by atomic mass is 16.5. The molecule has 1 aromatic rings. The Morgan fingerprint density at radius 3 is 2.36 bits per heavy atom. The van der Waals surface area contributed by atoms with E-state index in [4.69, 9.17) is 4.74 Å². The van der Waals surface area contributed by atoms with Crippen molar-refractivity contribution in [1.29, 1.82) is 0 Å². The number of benzene rings is 1. The molecule has 25 heavy (non-hydrogen) atoms. The van der Waals surface area contributed by atoms with Gasteiger partial charge in [-0.1, -0.05) is 19.1 Å². The molecule has 0 saturated carbocycles. The lowest BCUT2D eigenvalue weighted by Crippen LogP contribution is -2.49. The first kappa shape index (κ1) is 19.2. The summed E-state index contributed by atoms with van der Waals surface area (Å²) in [6.07, 6.45) is 1.48. The van der Waals surface area contributed by atoms with Gasteiger partial charge in [-0.2, -0.15) is 0 Å². The molecule has 0 aliphatic carbocycles. The van der Waals surface area contributed by atoms with Crippen molar-refractivity contribution in [3.8, 4) is 5.75 Å². The van der Waals surface area contributed by atoms with Gasteiger partial charge in [0.1, 0.15) is 5.75 Å². The third-order valence-electron chi connectivity index (χ3n) is 4.63. The molecule has 1 aromatic carbocycles. The zero-order valence-electron chi connectivity index (χ0n) is 15.3. The standard InChI is InChI=1S/C19H29N3O3/c1-3-21-12-14-22(15-13-21)19(24)10-11-20-18(23)9-6-16-4-7-17(25-2)8-5-16/h4-5,7-8H,3,6,9-15H2,1-2H3,(H,20,23). The molecule has 0 spiro atoms. The number of aryl methyl sites for hydroxylation is 1. The van der Waals surface area contributed by atoms with E-state index < -0.39 is 0 Å². The molecule has 1 aliphatic heterocycles. The molecule has 6 heteroatoms. The zero-order chi connectivity index (χ0) is 18.1. The van der Waals surface area contributed by atoms with Crippen molar-refractivity contribution in [2.24, 2.45) is 0 Å². The molecule has 0 aromatic heterocycles. The van der Waals surface area contributed by atoms with Gasteiger partial charge in [0, 0.05) is 45.6 Å².